The fourth-order valence-corrected chi connectivity index (χ4v) is 3.17. The van der Waals surface area contributed by atoms with Gasteiger partial charge < -0.3 is 14.4 Å². The van der Waals surface area contributed by atoms with Crippen molar-refractivity contribution in [2.75, 3.05) is 31.1 Å². The van der Waals surface area contributed by atoms with Gasteiger partial charge in [-0.05, 0) is 18.2 Å². The molecule has 10 heteroatoms. The number of carbonyl (C=O) groups excluding carboxylic acids is 1. The SMILES string of the molecule is O=C(c1ccc(-n2ccnc2)c([N+](=O)[O-])c1)N1CCN(c2ncccn2)CC1. The zero-order chi connectivity index (χ0) is 19.5. The Hall–Kier alpha value is -3.82. The van der Waals surface area contributed by atoms with E-state index in [9.17, 15) is 14.9 Å². The summed E-state index contributed by atoms with van der Waals surface area (Å²) >= 11 is 0. The molecule has 0 atom stereocenters. The van der Waals surface area contributed by atoms with E-state index in [4.69, 9.17) is 0 Å². The summed E-state index contributed by atoms with van der Waals surface area (Å²) in [6, 6.07) is 6.26. The number of amides is 1. The lowest BCUT2D eigenvalue weighted by Gasteiger charge is -2.34. The quantitative estimate of drug-likeness (QED) is 0.499. The number of nitrogens with zero attached hydrogens (tertiary/aromatic N) is 7. The number of piperazine rings is 1. The van der Waals surface area contributed by atoms with Crippen molar-refractivity contribution in [3.63, 3.8) is 0 Å². The Kier molecular flexibility index (Phi) is 4.67. The highest BCUT2D eigenvalue weighted by molar-refractivity contribution is 5.95. The predicted octanol–water partition coefficient (Wildman–Crippen LogP) is 1.53. The summed E-state index contributed by atoms with van der Waals surface area (Å²) in [5, 5.41) is 11.5. The van der Waals surface area contributed by atoms with Crippen molar-refractivity contribution >= 4 is 17.5 Å². The maximum atomic E-state index is 12.8. The lowest BCUT2D eigenvalue weighted by Crippen LogP contribution is -2.49. The Morgan fingerprint density at radius 1 is 1.07 bits per heavy atom. The zero-order valence-corrected chi connectivity index (χ0v) is 14.9. The Balaban J connectivity index is 1.51. The average Bonchev–Trinajstić information content (AvgIpc) is 3.28. The molecule has 0 spiro atoms. The van der Waals surface area contributed by atoms with Crippen LogP contribution in [0.25, 0.3) is 5.69 Å². The molecule has 4 rings (SSSR count). The van der Waals surface area contributed by atoms with E-state index in [0.29, 0.717) is 43.4 Å². The number of anilines is 1. The van der Waals surface area contributed by atoms with Crippen LogP contribution in [0, 0.1) is 10.1 Å². The van der Waals surface area contributed by atoms with Gasteiger partial charge in [-0.3, -0.25) is 14.9 Å². The first-order valence-electron chi connectivity index (χ1n) is 8.71. The van der Waals surface area contributed by atoms with Gasteiger partial charge in [0.25, 0.3) is 11.6 Å². The van der Waals surface area contributed by atoms with E-state index in [1.54, 1.807) is 52.5 Å². The molecule has 1 fully saturated rings. The van der Waals surface area contributed by atoms with Crippen LogP contribution in [-0.2, 0) is 0 Å². The molecule has 0 aliphatic carbocycles. The summed E-state index contributed by atoms with van der Waals surface area (Å²) in [4.78, 5) is 39.9. The van der Waals surface area contributed by atoms with Crippen LogP contribution in [-0.4, -0.2) is 61.4 Å². The van der Waals surface area contributed by atoms with E-state index in [2.05, 4.69) is 15.0 Å². The topological polar surface area (TPSA) is 110 Å². The lowest BCUT2D eigenvalue weighted by atomic mass is 10.1. The van der Waals surface area contributed by atoms with Gasteiger partial charge in [0.15, 0.2) is 0 Å². The zero-order valence-electron chi connectivity index (χ0n) is 14.9. The summed E-state index contributed by atoms with van der Waals surface area (Å²) < 4.78 is 1.55. The molecule has 0 radical (unpaired) electrons. The van der Waals surface area contributed by atoms with Crippen molar-refractivity contribution in [2.45, 2.75) is 0 Å². The van der Waals surface area contributed by atoms with Gasteiger partial charge in [-0.2, -0.15) is 0 Å². The first-order valence-corrected chi connectivity index (χ1v) is 8.71. The number of nitro benzene ring substituents is 1. The fourth-order valence-electron chi connectivity index (χ4n) is 3.17. The molecule has 142 valence electrons. The average molecular weight is 379 g/mol. The lowest BCUT2D eigenvalue weighted by molar-refractivity contribution is -0.384. The molecule has 0 N–H and O–H groups in total. The highest BCUT2D eigenvalue weighted by atomic mass is 16.6. The van der Waals surface area contributed by atoms with Crippen LogP contribution in [0.15, 0.2) is 55.4 Å². The second-order valence-electron chi connectivity index (χ2n) is 6.26. The summed E-state index contributed by atoms with van der Waals surface area (Å²) in [7, 11) is 0. The first-order chi connectivity index (χ1) is 13.6. The molecular weight excluding hydrogens is 362 g/mol. The standard InChI is InChI=1S/C18H17N7O3/c26-17(22-8-10-23(11-9-22)18-20-4-1-5-21-18)14-2-3-15(16(12-14)25(27)28)24-7-6-19-13-24/h1-7,12-13H,8-11H2. The molecule has 10 nitrogen and oxygen atoms in total. The molecule has 2 aromatic heterocycles. The molecule has 0 bridgehead atoms. The minimum atomic E-state index is -0.489. The van der Waals surface area contributed by atoms with Gasteiger partial charge in [0.2, 0.25) is 5.95 Å². The van der Waals surface area contributed by atoms with Gasteiger partial charge in [-0.1, -0.05) is 0 Å². The summed E-state index contributed by atoms with van der Waals surface area (Å²) in [6.07, 6.45) is 8.00. The van der Waals surface area contributed by atoms with Gasteiger partial charge in [-0.15, -0.1) is 0 Å². The molecule has 1 aromatic carbocycles. The maximum absolute atomic E-state index is 12.8. The van der Waals surface area contributed by atoms with Gasteiger partial charge >= 0.3 is 0 Å². The second-order valence-corrected chi connectivity index (χ2v) is 6.26. The Morgan fingerprint density at radius 2 is 1.82 bits per heavy atom. The molecule has 1 aliphatic rings. The Bertz CT molecular complexity index is 984. The van der Waals surface area contributed by atoms with E-state index in [0.717, 1.165) is 0 Å². The third kappa shape index (κ3) is 3.39. The molecule has 3 aromatic rings. The van der Waals surface area contributed by atoms with Crippen molar-refractivity contribution in [1.29, 1.82) is 0 Å². The number of aromatic nitrogens is 4. The van der Waals surface area contributed by atoms with Crippen LogP contribution in [0.1, 0.15) is 10.4 Å². The van der Waals surface area contributed by atoms with Crippen LogP contribution >= 0.6 is 0 Å². The van der Waals surface area contributed by atoms with Crippen LogP contribution in [0.3, 0.4) is 0 Å². The molecular formula is C18H17N7O3. The minimum absolute atomic E-state index is 0.139. The van der Waals surface area contributed by atoms with Crippen molar-refractivity contribution in [3.05, 3.63) is 71.1 Å². The summed E-state index contributed by atoms with van der Waals surface area (Å²) in [6.45, 7) is 2.19. The number of hydrogen-bond donors (Lipinski definition) is 0. The van der Waals surface area contributed by atoms with E-state index < -0.39 is 4.92 Å². The van der Waals surface area contributed by atoms with Crippen LogP contribution in [0.5, 0.6) is 0 Å². The van der Waals surface area contributed by atoms with Gasteiger partial charge in [0.1, 0.15) is 5.69 Å². The third-order valence-electron chi connectivity index (χ3n) is 4.60. The predicted molar refractivity (Wildman–Crippen MR) is 100 cm³/mol. The molecule has 28 heavy (non-hydrogen) atoms. The maximum Gasteiger partial charge on any atom is 0.294 e. The molecule has 3 heterocycles. The molecule has 1 amide bonds. The van der Waals surface area contributed by atoms with Crippen molar-refractivity contribution in [3.8, 4) is 5.69 Å². The third-order valence-corrected chi connectivity index (χ3v) is 4.60. The number of nitro groups is 1. The normalized spacial score (nSPS) is 14.1. The number of hydrogen-bond acceptors (Lipinski definition) is 7. The number of benzene rings is 1. The van der Waals surface area contributed by atoms with E-state index in [-0.39, 0.29) is 11.6 Å². The van der Waals surface area contributed by atoms with Crippen molar-refractivity contribution in [2.24, 2.45) is 0 Å². The molecule has 1 aliphatic heterocycles. The highest BCUT2D eigenvalue weighted by Crippen LogP contribution is 2.25. The van der Waals surface area contributed by atoms with E-state index >= 15 is 0 Å². The molecule has 0 unspecified atom stereocenters. The molecule has 0 saturated carbocycles. The number of imidazole rings is 1. The number of carbonyl (C=O) groups is 1. The van der Waals surface area contributed by atoms with Gasteiger partial charge in [-0.25, -0.2) is 15.0 Å². The van der Waals surface area contributed by atoms with Gasteiger partial charge in [0, 0.05) is 62.6 Å². The van der Waals surface area contributed by atoms with Crippen molar-refractivity contribution in [1.82, 2.24) is 24.4 Å². The highest BCUT2D eigenvalue weighted by Gasteiger charge is 2.25. The fraction of sp³-hybridized carbons (Fsp3) is 0.222. The largest absolute Gasteiger partial charge is 0.337 e. The van der Waals surface area contributed by atoms with E-state index in [1.165, 1.54) is 12.4 Å². The second kappa shape index (κ2) is 7.43. The monoisotopic (exact) mass is 379 g/mol. The Labute approximate surface area is 160 Å². The van der Waals surface area contributed by atoms with Crippen LogP contribution in [0.4, 0.5) is 11.6 Å². The van der Waals surface area contributed by atoms with Crippen molar-refractivity contribution < 1.29 is 9.72 Å². The summed E-state index contributed by atoms with van der Waals surface area (Å²) in [5.41, 5.74) is 0.519. The smallest absolute Gasteiger partial charge is 0.294 e. The summed E-state index contributed by atoms with van der Waals surface area (Å²) in [5.74, 6) is 0.406. The van der Waals surface area contributed by atoms with E-state index in [1.807, 2.05) is 4.90 Å². The van der Waals surface area contributed by atoms with Gasteiger partial charge in [0.05, 0.1) is 11.3 Å². The Morgan fingerprint density at radius 3 is 2.46 bits per heavy atom. The minimum Gasteiger partial charge on any atom is -0.337 e. The first kappa shape index (κ1) is 17.6. The number of rotatable bonds is 4. The van der Waals surface area contributed by atoms with Crippen LogP contribution < -0.4 is 4.90 Å². The van der Waals surface area contributed by atoms with Crippen LogP contribution in [0.2, 0.25) is 0 Å². The molecule has 1 saturated heterocycles.